The first-order valence-electron chi connectivity index (χ1n) is 4.23. The van der Waals surface area contributed by atoms with Crippen LogP contribution in [0.5, 0.6) is 0 Å². The van der Waals surface area contributed by atoms with Crippen molar-refractivity contribution in [3.05, 3.63) is 12.3 Å². The van der Waals surface area contributed by atoms with Gasteiger partial charge >= 0.3 is 0 Å². The van der Waals surface area contributed by atoms with Gasteiger partial charge in [0.1, 0.15) is 0 Å². The van der Waals surface area contributed by atoms with Crippen molar-refractivity contribution in [3.63, 3.8) is 0 Å². The molecule has 62 valence electrons. The second kappa shape index (κ2) is 4.29. The van der Waals surface area contributed by atoms with Crippen LogP contribution in [0.4, 0.5) is 0 Å². The Morgan fingerprint density at radius 1 is 1.64 bits per heavy atom. The molecule has 0 amide bonds. The van der Waals surface area contributed by atoms with Crippen LogP contribution in [0.25, 0.3) is 0 Å². The summed E-state index contributed by atoms with van der Waals surface area (Å²) in [5, 5.41) is 0. The summed E-state index contributed by atoms with van der Waals surface area (Å²) in [6.07, 6.45) is 8.32. The number of likely N-dealkylation sites (N-methyl/N-ethyl adjacent to an activating group) is 1. The summed E-state index contributed by atoms with van der Waals surface area (Å²) < 4.78 is 0. The summed E-state index contributed by atoms with van der Waals surface area (Å²) in [6.45, 7) is 3.37. The van der Waals surface area contributed by atoms with E-state index in [0.29, 0.717) is 6.04 Å². The fourth-order valence-electron chi connectivity index (χ4n) is 1.30. The third kappa shape index (κ3) is 2.46. The van der Waals surface area contributed by atoms with Crippen LogP contribution >= 0.6 is 0 Å². The van der Waals surface area contributed by atoms with E-state index in [0.717, 1.165) is 6.42 Å². The molecule has 2 heteroatoms. The van der Waals surface area contributed by atoms with Crippen LogP contribution in [0.15, 0.2) is 17.3 Å². The number of aliphatic imine (C=N–C) groups is 1. The quantitative estimate of drug-likeness (QED) is 0.601. The zero-order chi connectivity index (χ0) is 8.10. The maximum Gasteiger partial charge on any atom is 0.0342 e. The Hall–Kier alpha value is -0.630. The Labute approximate surface area is 68.6 Å². The Kier molecular flexibility index (Phi) is 3.30. The van der Waals surface area contributed by atoms with Gasteiger partial charge in [0.05, 0.1) is 0 Å². The molecule has 11 heavy (non-hydrogen) atoms. The molecule has 0 aromatic rings. The van der Waals surface area contributed by atoms with Crippen LogP contribution in [0.3, 0.4) is 0 Å². The molecule has 1 atom stereocenters. The van der Waals surface area contributed by atoms with Gasteiger partial charge in [-0.25, -0.2) is 0 Å². The van der Waals surface area contributed by atoms with Gasteiger partial charge in [-0.3, -0.25) is 9.89 Å². The minimum atomic E-state index is 0.576. The van der Waals surface area contributed by atoms with Crippen molar-refractivity contribution < 1.29 is 0 Å². The average molecular weight is 152 g/mol. The second-order valence-electron chi connectivity index (χ2n) is 2.96. The minimum Gasteiger partial charge on any atom is -0.300 e. The molecule has 1 rings (SSSR count). The summed E-state index contributed by atoms with van der Waals surface area (Å²) >= 11 is 0. The van der Waals surface area contributed by atoms with Crippen LogP contribution in [-0.4, -0.2) is 30.7 Å². The summed E-state index contributed by atoms with van der Waals surface area (Å²) in [7, 11) is 2.16. The molecule has 0 aromatic carbocycles. The van der Waals surface area contributed by atoms with Crippen LogP contribution < -0.4 is 0 Å². The van der Waals surface area contributed by atoms with E-state index in [1.54, 1.807) is 0 Å². The zero-order valence-corrected chi connectivity index (χ0v) is 7.33. The number of hydrogen-bond donors (Lipinski definition) is 0. The minimum absolute atomic E-state index is 0.576. The fraction of sp³-hybridized carbons (Fsp3) is 0.667. The van der Waals surface area contributed by atoms with Crippen molar-refractivity contribution in [2.45, 2.75) is 25.8 Å². The normalized spacial score (nSPS) is 23.0. The van der Waals surface area contributed by atoms with Gasteiger partial charge in [-0.05, 0) is 26.1 Å². The average Bonchev–Trinajstić information content (AvgIpc) is 2.07. The molecule has 1 aliphatic rings. The Balaban J connectivity index is 2.35. The lowest BCUT2D eigenvalue weighted by atomic mass is 10.1. The largest absolute Gasteiger partial charge is 0.300 e. The van der Waals surface area contributed by atoms with Gasteiger partial charge in [0.25, 0.3) is 0 Å². The highest BCUT2D eigenvalue weighted by molar-refractivity contribution is 5.60. The summed E-state index contributed by atoms with van der Waals surface area (Å²) in [6, 6.07) is 0.576. The van der Waals surface area contributed by atoms with Crippen LogP contribution in [0.2, 0.25) is 0 Å². The van der Waals surface area contributed by atoms with E-state index in [-0.39, 0.29) is 0 Å². The van der Waals surface area contributed by atoms with Gasteiger partial charge in [-0.1, -0.05) is 6.92 Å². The molecule has 0 saturated heterocycles. The SMILES string of the molecule is CCCN(C)C1C=CN=CC1. The van der Waals surface area contributed by atoms with Crippen LogP contribution in [0, 0.1) is 0 Å². The van der Waals surface area contributed by atoms with E-state index < -0.39 is 0 Å². The molecule has 0 N–H and O–H groups in total. The highest BCUT2D eigenvalue weighted by Gasteiger charge is 2.10. The van der Waals surface area contributed by atoms with Gasteiger partial charge < -0.3 is 0 Å². The van der Waals surface area contributed by atoms with Crippen molar-refractivity contribution >= 4 is 6.21 Å². The molecule has 2 nitrogen and oxygen atoms in total. The van der Waals surface area contributed by atoms with Gasteiger partial charge in [0.15, 0.2) is 0 Å². The van der Waals surface area contributed by atoms with Crippen molar-refractivity contribution in [1.29, 1.82) is 0 Å². The molecule has 1 unspecified atom stereocenters. The first-order chi connectivity index (χ1) is 5.34. The number of rotatable bonds is 3. The third-order valence-electron chi connectivity index (χ3n) is 1.99. The van der Waals surface area contributed by atoms with E-state index in [1.165, 1.54) is 13.0 Å². The first-order valence-corrected chi connectivity index (χ1v) is 4.23. The fourth-order valence-corrected chi connectivity index (χ4v) is 1.30. The monoisotopic (exact) mass is 152 g/mol. The number of nitrogens with zero attached hydrogens (tertiary/aromatic N) is 2. The van der Waals surface area contributed by atoms with Crippen molar-refractivity contribution in [1.82, 2.24) is 4.90 Å². The highest BCUT2D eigenvalue weighted by Crippen LogP contribution is 2.06. The molecule has 1 heterocycles. The second-order valence-corrected chi connectivity index (χ2v) is 2.96. The predicted octanol–water partition coefficient (Wildman–Crippen LogP) is 1.69. The lowest BCUT2D eigenvalue weighted by molar-refractivity contribution is 0.287. The molecule has 0 aliphatic carbocycles. The molecular formula is C9H16N2. The molecular weight excluding hydrogens is 136 g/mol. The lowest BCUT2D eigenvalue weighted by Gasteiger charge is -2.24. The van der Waals surface area contributed by atoms with E-state index in [2.05, 4.69) is 29.9 Å². The zero-order valence-electron chi connectivity index (χ0n) is 7.33. The van der Waals surface area contributed by atoms with Crippen LogP contribution in [0.1, 0.15) is 19.8 Å². The Morgan fingerprint density at radius 3 is 3.00 bits per heavy atom. The van der Waals surface area contributed by atoms with Crippen molar-refractivity contribution in [3.8, 4) is 0 Å². The number of hydrogen-bond acceptors (Lipinski definition) is 2. The highest BCUT2D eigenvalue weighted by atomic mass is 15.1. The van der Waals surface area contributed by atoms with Crippen molar-refractivity contribution in [2.24, 2.45) is 4.99 Å². The smallest absolute Gasteiger partial charge is 0.0342 e. The molecule has 0 spiro atoms. The predicted molar refractivity (Wildman–Crippen MR) is 49.0 cm³/mol. The van der Waals surface area contributed by atoms with E-state index in [1.807, 2.05) is 12.4 Å². The molecule has 0 radical (unpaired) electrons. The summed E-state index contributed by atoms with van der Waals surface area (Å²) in [5.41, 5.74) is 0. The Bertz CT molecular complexity index is 161. The molecule has 1 aliphatic heterocycles. The van der Waals surface area contributed by atoms with Crippen LogP contribution in [-0.2, 0) is 0 Å². The van der Waals surface area contributed by atoms with Gasteiger partial charge in [-0.15, -0.1) is 0 Å². The van der Waals surface area contributed by atoms with E-state index in [4.69, 9.17) is 0 Å². The van der Waals surface area contributed by atoms with E-state index >= 15 is 0 Å². The van der Waals surface area contributed by atoms with Gasteiger partial charge in [0.2, 0.25) is 0 Å². The standard InChI is InChI=1S/C9H16N2/c1-3-8-11(2)9-4-6-10-7-5-9/h4,6-7,9H,3,5,8H2,1-2H3. The maximum absolute atomic E-state index is 4.04. The summed E-state index contributed by atoms with van der Waals surface area (Å²) in [4.78, 5) is 6.40. The topological polar surface area (TPSA) is 15.6 Å². The van der Waals surface area contributed by atoms with Crippen molar-refractivity contribution in [2.75, 3.05) is 13.6 Å². The molecule has 0 bridgehead atoms. The van der Waals surface area contributed by atoms with E-state index in [9.17, 15) is 0 Å². The third-order valence-corrected chi connectivity index (χ3v) is 1.99. The molecule has 0 aromatic heterocycles. The Morgan fingerprint density at radius 2 is 2.45 bits per heavy atom. The first kappa shape index (κ1) is 8.47. The lowest BCUT2D eigenvalue weighted by Crippen LogP contribution is -2.31. The summed E-state index contributed by atoms with van der Waals surface area (Å²) in [5.74, 6) is 0. The molecule has 0 saturated carbocycles. The van der Waals surface area contributed by atoms with Gasteiger partial charge in [0, 0.05) is 24.9 Å². The molecule has 0 fully saturated rings. The van der Waals surface area contributed by atoms with Gasteiger partial charge in [-0.2, -0.15) is 0 Å². The maximum atomic E-state index is 4.04.